The van der Waals surface area contributed by atoms with Crippen LogP contribution in [0.25, 0.3) is 43.6 Å². The van der Waals surface area contributed by atoms with Gasteiger partial charge in [0.05, 0.1) is 63.3 Å². The predicted octanol–water partition coefficient (Wildman–Crippen LogP) is 17.0. The minimum atomic E-state index is -3.55. The van der Waals surface area contributed by atoms with E-state index in [-0.39, 0.29) is 189 Å². The number of halogens is 4. The molecule has 8 fully saturated rings. The number of rotatable bonds is 36. The molecule has 0 spiro atoms. The fraction of sp³-hybridized carbons (Fsp3) is 0.615. The number of para-hydroxylation sites is 1. The van der Waals surface area contributed by atoms with Crippen molar-refractivity contribution in [1.29, 1.82) is 0 Å². The highest BCUT2D eigenvalue weighted by Gasteiger charge is 2.46. The Balaban J connectivity index is 0.000000158. The van der Waals surface area contributed by atoms with E-state index in [9.17, 15) is 74.3 Å². The van der Waals surface area contributed by atoms with Gasteiger partial charge in [-0.15, -0.1) is 0 Å². The quantitative estimate of drug-likeness (QED) is 0.0228. The molecule has 12 unspecified atom stereocenters. The van der Waals surface area contributed by atoms with Crippen LogP contribution in [0.1, 0.15) is 278 Å². The lowest BCUT2D eigenvalue weighted by Gasteiger charge is -2.35. The molecule has 4 aliphatic heterocycles. The Kier molecular flexibility index (Phi) is 38.2. The van der Waals surface area contributed by atoms with E-state index in [1.807, 2.05) is 80.8 Å². The standard InChI is InChI=1S/C28H38ClN3O3.2C27H37FN4O3.C27H38FN3O4S/c1-18(30-3)26(34)15-23(20-9-5-4-6-10-20)28(35)32-14-8-11-21(32)16-31-17-24(19(2)33)22-12-7-13-25(29)27(22)31;1-17(29-3)25(34)15-22(19-8-5-4-6-9-19)27(35)31-13-7-10-21(31)16-32-24-12-11-20(28)14-23(24)26(30-32)18(2)33;1-17(30-2)25(33)14-21(18-7-4-3-5-8-18)27(35)32-12-6-9-20(32)15-31-16-23(26(29)34)22-13-19(28)10-11-24(22)31;1-18(29-2)25(32)15-22(19-8-5-4-6-9-19)27(33)31-13-7-10-21(31)16-30-17-26(36(3,34)35)23-14-20(28)11-12-24(23)30/h7,12-13,17-18,20-21,23,30H,4-6,8-11,14-16H2,1-3H3;11-12,14,17,19,21-22,29H,4-10,13,15-16H2,1-3H3;10-11,13,16-18,20-21,30H,3-9,12,14-15H2,1-2H3,(H2,29,34);11-12,14,17-19,21-22,29H,4-10,13,15-16H2,1-3H3. The van der Waals surface area contributed by atoms with E-state index < -0.39 is 33.2 Å². The molecule has 8 aliphatic rings. The third kappa shape index (κ3) is 26.3. The molecule has 8 heterocycles. The number of nitrogens with zero attached hydrogens (tertiary/aromatic N) is 9. The number of carbonyl (C=O) groups is 11. The second-order valence-corrected chi connectivity index (χ2v) is 43.9. The summed E-state index contributed by atoms with van der Waals surface area (Å²) in [5.74, 6) is -1.67. The average molecular weight is 1990 g/mol. The average Bonchev–Trinajstić information content (AvgIpc) is 2.10. The number of benzene rings is 4. The van der Waals surface area contributed by atoms with Gasteiger partial charge in [0.25, 0.3) is 5.91 Å². The Morgan fingerprint density at radius 3 is 1.07 bits per heavy atom. The van der Waals surface area contributed by atoms with Gasteiger partial charge >= 0.3 is 0 Å². The number of ketones is 6. The van der Waals surface area contributed by atoms with Crippen LogP contribution < -0.4 is 27.0 Å². The number of nitrogens with two attached hydrogens (primary N) is 1. The molecular weight excluding hydrogens is 1840 g/mol. The van der Waals surface area contributed by atoms with Crippen molar-refractivity contribution >= 4 is 129 Å². The van der Waals surface area contributed by atoms with Gasteiger partial charge in [-0.1, -0.05) is 101 Å². The van der Waals surface area contributed by atoms with Gasteiger partial charge in [0, 0.05) is 183 Å². The Morgan fingerprint density at radius 2 is 0.723 bits per heavy atom. The number of amides is 5. The first-order valence-corrected chi connectivity index (χ1v) is 54.3. The van der Waals surface area contributed by atoms with E-state index in [0.29, 0.717) is 90.0 Å². The molecule has 16 rings (SSSR count). The first-order chi connectivity index (χ1) is 67.5. The summed E-state index contributed by atoms with van der Waals surface area (Å²) in [4.78, 5) is 152. The van der Waals surface area contributed by atoms with Gasteiger partial charge in [-0.05, 0) is 250 Å². The SMILES string of the molecule is CNC(C)C(=O)CC(C(=O)N1CCCC1Cn1cc(C(C)=O)c2cccc(Cl)c21)C1CCCCC1.CNC(C)C(=O)CC(C(=O)N1CCCC1Cn1cc(C(N)=O)c2cc(F)ccc21)C1CCCCC1.CNC(C)C(=O)CC(C(=O)N1CCCC1Cn1cc(S(C)(=O)=O)c2cc(F)ccc21)C1CCCCC1.CNC(C)C(=O)CC(C(=O)N1CCCC1Cn1nc(C(C)=O)c2cc(F)ccc21)C1CCCCC1. The Morgan fingerprint density at radius 1 is 0.397 bits per heavy atom. The highest BCUT2D eigenvalue weighted by atomic mass is 35.5. The second kappa shape index (κ2) is 49.7. The molecule has 4 aromatic heterocycles. The number of hydrogen-bond acceptors (Lipinski definition) is 18. The zero-order valence-corrected chi connectivity index (χ0v) is 86.1. The molecule has 4 saturated heterocycles. The van der Waals surface area contributed by atoms with Gasteiger partial charge in [-0.3, -0.25) is 57.4 Å². The summed E-state index contributed by atoms with van der Waals surface area (Å²) in [5, 5.41) is 19.4. The Hall–Kier alpha value is -9.79. The third-order valence-corrected chi connectivity index (χ3v) is 33.8. The zero-order valence-electron chi connectivity index (χ0n) is 84.5. The summed E-state index contributed by atoms with van der Waals surface area (Å²) in [6.45, 7) is 15.1. The molecule has 0 radical (unpaired) electrons. The van der Waals surface area contributed by atoms with Crippen molar-refractivity contribution in [2.24, 2.45) is 53.1 Å². The van der Waals surface area contributed by atoms with Crippen molar-refractivity contribution in [2.45, 2.75) is 326 Å². The van der Waals surface area contributed by atoms with E-state index in [4.69, 9.17) is 17.3 Å². The maximum absolute atomic E-state index is 14.0. The monoisotopic (exact) mass is 1990 g/mol. The van der Waals surface area contributed by atoms with Crippen LogP contribution in [0.15, 0.2) is 96.3 Å². The molecule has 6 N–H and O–H groups in total. The smallest absolute Gasteiger partial charge is 0.250 e. The molecule has 32 heteroatoms. The van der Waals surface area contributed by atoms with Crippen LogP contribution in [0.2, 0.25) is 5.02 Å². The van der Waals surface area contributed by atoms with Crippen molar-refractivity contribution in [1.82, 2.24) is 64.3 Å². The molecule has 768 valence electrons. The number of primary amides is 1. The lowest BCUT2D eigenvalue weighted by Crippen LogP contribution is -2.45. The lowest BCUT2D eigenvalue weighted by atomic mass is 9.76. The van der Waals surface area contributed by atoms with Crippen LogP contribution in [-0.4, -0.2) is 225 Å². The summed E-state index contributed by atoms with van der Waals surface area (Å²) < 4.78 is 74.0. The second-order valence-electron chi connectivity index (χ2n) is 41.5. The number of hydrogen-bond donors (Lipinski definition) is 5. The van der Waals surface area contributed by atoms with Gasteiger partial charge in [-0.2, -0.15) is 5.10 Å². The van der Waals surface area contributed by atoms with Crippen molar-refractivity contribution < 1.29 is 74.3 Å². The highest BCUT2D eigenvalue weighted by molar-refractivity contribution is 7.91. The molecule has 12 atom stereocenters. The molecule has 27 nitrogen and oxygen atoms in total. The summed E-state index contributed by atoms with van der Waals surface area (Å²) in [5.41, 5.74) is 9.64. The van der Waals surface area contributed by atoms with Crippen molar-refractivity contribution in [2.75, 3.05) is 60.6 Å². The lowest BCUT2D eigenvalue weighted by molar-refractivity contribution is -0.142. The van der Waals surface area contributed by atoms with E-state index in [1.54, 1.807) is 70.4 Å². The van der Waals surface area contributed by atoms with Gasteiger partial charge in [0.15, 0.2) is 21.4 Å². The molecule has 0 bridgehead atoms. The highest BCUT2D eigenvalue weighted by Crippen LogP contribution is 2.43. The molecule has 8 aromatic rings. The minimum Gasteiger partial charge on any atom is -0.366 e. The largest absolute Gasteiger partial charge is 0.366 e. The number of nitrogens with one attached hydrogen (secondary N) is 4. The number of likely N-dealkylation sites (tertiary alicyclic amines) is 4. The van der Waals surface area contributed by atoms with Gasteiger partial charge in [-0.25, -0.2) is 21.6 Å². The number of carbonyl (C=O) groups excluding carboxylic acids is 11. The molecule has 4 saturated carbocycles. The number of Topliss-reactive ketones (excluding diaryl/α,β-unsaturated/α-hetero) is 6. The Bertz CT molecular complexity index is 5710. The van der Waals surface area contributed by atoms with Gasteiger partial charge in [0.2, 0.25) is 23.6 Å². The van der Waals surface area contributed by atoms with Crippen molar-refractivity contribution in [3.8, 4) is 0 Å². The van der Waals surface area contributed by atoms with E-state index in [2.05, 4.69) is 30.9 Å². The van der Waals surface area contributed by atoms with Gasteiger partial charge in [0.1, 0.15) is 46.3 Å². The fourth-order valence-corrected chi connectivity index (χ4v) is 24.9. The van der Waals surface area contributed by atoms with Crippen LogP contribution in [-0.2, 0) is 74.4 Å². The summed E-state index contributed by atoms with van der Waals surface area (Å²) in [6.07, 6.45) is 35.9. The Labute approximate surface area is 833 Å². The van der Waals surface area contributed by atoms with Crippen molar-refractivity contribution in [3.05, 3.63) is 131 Å². The summed E-state index contributed by atoms with van der Waals surface area (Å²) in [6, 6.07) is 17.3. The normalized spacial score (nSPS) is 20.9. The topological polar surface area (TPSA) is 342 Å². The van der Waals surface area contributed by atoms with Crippen LogP contribution in [0.3, 0.4) is 0 Å². The molecular formula is C109H150ClF3N14O13S. The minimum absolute atomic E-state index is 0.00454. The third-order valence-electron chi connectivity index (χ3n) is 32.3. The first-order valence-electron chi connectivity index (χ1n) is 52.0. The number of sulfone groups is 1. The fourth-order valence-electron chi connectivity index (χ4n) is 23.8. The van der Waals surface area contributed by atoms with Crippen molar-refractivity contribution in [3.63, 3.8) is 0 Å². The van der Waals surface area contributed by atoms with Gasteiger partial charge < -0.3 is 60.3 Å². The maximum atomic E-state index is 14.0. The first kappa shape index (κ1) is 108. The summed E-state index contributed by atoms with van der Waals surface area (Å²) in [7, 11) is 3.53. The predicted molar refractivity (Wildman–Crippen MR) is 544 cm³/mol. The van der Waals surface area contributed by atoms with Crippen LogP contribution in [0, 0.1) is 64.8 Å². The molecule has 141 heavy (non-hydrogen) atoms. The zero-order chi connectivity index (χ0) is 101. The molecule has 4 aliphatic carbocycles. The molecule has 5 amide bonds. The number of fused-ring (bicyclic) bond motifs is 4. The number of likely N-dealkylation sites (N-methyl/N-ethyl adjacent to an activating group) is 4. The number of aromatic nitrogens is 5. The van der Waals surface area contributed by atoms with Crippen LogP contribution in [0.5, 0.6) is 0 Å². The van der Waals surface area contributed by atoms with E-state index in [0.717, 1.165) is 183 Å². The van der Waals surface area contributed by atoms with E-state index in [1.165, 1.54) is 69.0 Å². The van der Waals surface area contributed by atoms with E-state index >= 15 is 0 Å². The molecule has 4 aromatic carbocycles. The maximum Gasteiger partial charge on any atom is 0.250 e. The van der Waals surface area contributed by atoms with Crippen LogP contribution >= 0.6 is 11.6 Å². The summed E-state index contributed by atoms with van der Waals surface area (Å²) >= 11 is 6.56. The van der Waals surface area contributed by atoms with Crippen LogP contribution in [0.4, 0.5) is 13.2 Å².